The predicted octanol–water partition coefficient (Wildman–Crippen LogP) is 4.50. The van der Waals surface area contributed by atoms with Crippen LogP contribution in [0.1, 0.15) is 22.8 Å². The monoisotopic (exact) mass is 457 g/mol. The molecule has 0 unspecified atom stereocenters. The summed E-state index contributed by atoms with van der Waals surface area (Å²) in [4.78, 5) is 36.7. The highest BCUT2D eigenvalue weighted by atomic mass is 32.1. The van der Waals surface area contributed by atoms with E-state index in [1.165, 1.54) is 12.1 Å². The predicted molar refractivity (Wildman–Crippen MR) is 121 cm³/mol. The van der Waals surface area contributed by atoms with Gasteiger partial charge in [-0.15, -0.1) is 0 Å². The number of carbonyl (C=O) groups excluding carboxylic acids is 2. The van der Waals surface area contributed by atoms with Crippen LogP contribution in [0.4, 0.5) is 30.4 Å². The lowest BCUT2D eigenvalue weighted by Gasteiger charge is -2.15. The van der Waals surface area contributed by atoms with Crippen molar-refractivity contribution in [1.82, 2.24) is 4.37 Å². The van der Waals surface area contributed by atoms with Gasteiger partial charge in [0.15, 0.2) is 0 Å². The lowest BCUT2D eigenvalue weighted by atomic mass is 10.1. The van der Waals surface area contributed by atoms with Crippen molar-refractivity contribution in [2.75, 3.05) is 22.1 Å². The number of aromatic nitrogens is 1. The molecule has 3 rings (SSSR count). The quantitative estimate of drug-likeness (QED) is 0.432. The van der Waals surface area contributed by atoms with Gasteiger partial charge >= 0.3 is 12.1 Å². The Morgan fingerprint density at radius 2 is 1.84 bits per heavy atom. The van der Waals surface area contributed by atoms with E-state index < -0.39 is 23.8 Å². The van der Waals surface area contributed by atoms with E-state index in [1.807, 2.05) is 0 Å². The van der Waals surface area contributed by atoms with E-state index in [0.717, 1.165) is 22.0 Å². The third kappa shape index (κ3) is 4.83. The third-order valence-corrected chi connectivity index (χ3v) is 5.37. The Hall–Kier alpha value is -3.99. The van der Waals surface area contributed by atoms with Crippen molar-refractivity contribution in [2.45, 2.75) is 13.8 Å². The van der Waals surface area contributed by atoms with E-state index in [4.69, 9.17) is 5.73 Å². The molecule has 166 valence electrons. The number of hydrogen-bond donors (Lipinski definition) is 4. The summed E-state index contributed by atoms with van der Waals surface area (Å²) in [6, 6.07) is 10.1. The summed E-state index contributed by atoms with van der Waals surface area (Å²) in [5, 5.41) is 14.5. The number of benzene rings is 2. The molecule has 0 saturated heterocycles. The number of aryl methyl sites for hydroxylation is 1. The van der Waals surface area contributed by atoms with Gasteiger partial charge in [0.25, 0.3) is 5.91 Å². The molecule has 0 atom stereocenters. The highest BCUT2D eigenvalue weighted by molar-refractivity contribution is 7.11. The van der Waals surface area contributed by atoms with Crippen LogP contribution < -0.4 is 21.3 Å². The molecule has 5 N–H and O–H groups in total. The number of nitrogens with one attached hydrogen (secondary N) is 2. The van der Waals surface area contributed by atoms with E-state index in [2.05, 4.69) is 15.0 Å². The molecule has 2 aromatic carbocycles. The van der Waals surface area contributed by atoms with E-state index >= 15 is 0 Å². The molecule has 9 nitrogen and oxygen atoms in total. The number of amides is 4. The molecule has 32 heavy (non-hydrogen) atoms. The number of carboxylic acid groups (broad SMARTS) is 1. The minimum Gasteiger partial charge on any atom is -0.465 e. The molecule has 1 aromatic heterocycles. The molecule has 4 amide bonds. The smallest absolute Gasteiger partial charge is 0.412 e. The van der Waals surface area contributed by atoms with Crippen LogP contribution in [0.2, 0.25) is 0 Å². The van der Waals surface area contributed by atoms with Crippen LogP contribution in [0.3, 0.4) is 0 Å². The van der Waals surface area contributed by atoms with Gasteiger partial charge in [0.2, 0.25) is 0 Å². The molecule has 0 aliphatic carbocycles. The zero-order chi connectivity index (χ0) is 23.4. The SMILES string of the molecule is CCN(C(=O)O)c1snc(-c2ccc(NC(=O)Nc3cc(C)ccc3F)cc2)c1C(N)=O. The Kier molecular flexibility index (Phi) is 6.69. The second kappa shape index (κ2) is 9.43. The van der Waals surface area contributed by atoms with Crippen LogP contribution >= 0.6 is 11.5 Å². The number of hydrogen-bond acceptors (Lipinski definition) is 5. The molecule has 0 bridgehead atoms. The van der Waals surface area contributed by atoms with Crippen molar-refractivity contribution in [2.24, 2.45) is 5.73 Å². The zero-order valence-corrected chi connectivity index (χ0v) is 18.0. The van der Waals surface area contributed by atoms with Crippen molar-refractivity contribution < 1.29 is 23.9 Å². The number of carbonyl (C=O) groups is 3. The molecule has 0 aliphatic heterocycles. The summed E-state index contributed by atoms with van der Waals surface area (Å²) in [6.07, 6.45) is -1.22. The van der Waals surface area contributed by atoms with Crippen LogP contribution in [-0.2, 0) is 0 Å². The maximum absolute atomic E-state index is 13.8. The maximum Gasteiger partial charge on any atom is 0.412 e. The number of halogens is 1. The highest BCUT2D eigenvalue weighted by Gasteiger charge is 2.26. The second-order valence-electron chi connectivity index (χ2n) is 6.74. The number of nitrogens with two attached hydrogens (primary N) is 1. The standard InChI is InChI=1S/C21H20FN5O4S/c1-3-27(21(30)31)19-16(18(23)28)17(26-32-19)12-5-7-13(8-6-12)24-20(29)25-15-10-11(2)4-9-14(15)22/h4-10H,3H2,1-2H3,(H2,23,28)(H,30,31)(H2,24,25,29). The van der Waals surface area contributed by atoms with Crippen LogP contribution in [0.15, 0.2) is 42.5 Å². The van der Waals surface area contributed by atoms with Crippen LogP contribution in [-0.4, -0.2) is 34.1 Å². The largest absolute Gasteiger partial charge is 0.465 e. The van der Waals surface area contributed by atoms with Gasteiger partial charge in [-0.2, -0.15) is 4.37 Å². The van der Waals surface area contributed by atoms with Gasteiger partial charge in [0, 0.05) is 17.8 Å². The average molecular weight is 457 g/mol. The number of rotatable bonds is 6. The first-order chi connectivity index (χ1) is 15.2. The van der Waals surface area contributed by atoms with Crippen molar-refractivity contribution in [1.29, 1.82) is 0 Å². The maximum atomic E-state index is 13.8. The molecule has 0 aliphatic rings. The Morgan fingerprint density at radius 1 is 1.16 bits per heavy atom. The fourth-order valence-corrected chi connectivity index (χ4v) is 3.95. The average Bonchev–Trinajstić information content (AvgIpc) is 3.16. The third-order valence-electron chi connectivity index (χ3n) is 4.50. The minimum atomic E-state index is -1.22. The Morgan fingerprint density at radius 3 is 2.44 bits per heavy atom. The molecule has 11 heteroatoms. The topological polar surface area (TPSA) is 138 Å². The molecule has 0 radical (unpaired) electrons. The Labute approximate surface area is 186 Å². The highest BCUT2D eigenvalue weighted by Crippen LogP contribution is 2.35. The first-order valence-corrected chi connectivity index (χ1v) is 10.2. The second-order valence-corrected chi connectivity index (χ2v) is 7.49. The summed E-state index contributed by atoms with van der Waals surface area (Å²) in [5.74, 6) is -1.35. The minimum absolute atomic E-state index is 0.00706. The number of urea groups is 1. The summed E-state index contributed by atoms with van der Waals surface area (Å²) >= 11 is 0.858. The summed E-state index contributed by atoms with van der Waals surface area (Å²) in [6.45, 7) is 3.53. The first-order valence-electron chi connectivity index (χ1n) is 9.45. The molecule has 0 spiro atoms. The van der Waals surface area contributed by atoms with Gasteiger partial charge < -0.3 is 21.5 Å². The molecule has 0 saturated carbocycles. The van der Waals surface area contributed by atoms with Gasteiger partial charge in [-0.25, -0.2) is 14.0 Å². The van der Waals surface area contributed by atoms with Crippen molar-refractivity contribution in [3.63, 3.8) is 0 Å². The number of anilines is 3. The van der Waals surface area contributed by atoms with Gasteiger partial charge in [-0.1, -0.05) is 18.2 Å². The fraction of sp³-hybridized carbons (Fsp3) is 0.143. The summed E-state index contributed by atoms with van der Waals surface area (Å²) in [7, 11) is 0. The Balaban J connectivity index is 1.80. The van der Waals surface area contributed by atoms with Crippen LogP contribution in [0, 0.1) is 12.7 Å². The molecule has 0 fully saturated rings. The van der Waals surface area contributed by atoms with Crippen molar-refractivity contribution in [3.05, 3.63) is 59.4 Å². The first kappa shape index (κ1) is 22.7. The lowest BCUT2D eigenvalue weighted by molar-refractivity contribution is 0.100. The molecular formula is C21H20FN5O4S. The lowest BCUT2D eigenvalue weighted by Crippen LogP contribution is -2.30. The normalized spacial score (nSPS) is 10.5. The number of nitrogens with zero attached hydrogens (tertiary/aromatic N) is 2. The summed E-state index contributed by atoms with van der Waals surface area (Å²) < 4.78 is 18.0. The molecular weight excluding hydrogens is 437 g/mol. The summed E-state index contributed by atoms with van der Waals surface area (Å²) in [5.41, 5.74) is 7.52. The molecule has 1 heterocycles. The van der Waals surface area contributed by atoms with E-state index in [9.17, 15) is 23.9 Å². The number of primary amides is 1. The van der Waals surface area contributed by atoms with Gasteiger partial charge in [0.1, 0.15) is 16.4 Å². The van der Waals surface area contributed by atoms with Gasteiger partial charge in [-0.3, -0.25) is 9.69 Å². The van der Waals surface area contributed by atoms with E-state index in [0.29, 0.717) is 11.3 Å². The van der Waals surface area contributed by atoms with Crippen molar-refractivity contribution >= 4 is 45.9 Å². The van der Waals surface area contributed by atoms with Gasteiger partial charge in [0.05, 0.1) is 11.4 Å². The van der Waals surface area contributed by atoms with Gasteiger partial charge in [-0.05, 0) is 55.2 Å². The van der Waals surface area contributed by atoms with E-state index in [-0.39, 0.29) is 28.5 Å². The zero-order valence-electron chi connectivity index (χ0n) is 17.2. The Bertz CT molecular complexity index is 1180. The molecule has 3 aromatic rings. The van der Waals surface area contributed by atoms with E-state index in [1.54, 1.807) is 44.2 Å². The fourth-order valence-electron chi connectivity index (χ4n) is 2.98. The van der Waals surface area contributed by atoms with Crippen LogP contribution in [0.5, 0.6) is 0 Å². The van der Waals surface area contributed by atoms with Crippen molar-refractivity contribution in [3.8, 4) is 11.3 Å². The van der Waals surface area contributed by atoms with Crippen LogP contribution in [0.25, 0.3) is 11.3 Å².